The van der Waals surface area contributed by atoms with E-state index in [0.717, 1.165) is 17.9 Å². The zero-order valence-electron chi connectivity index (χ0n) is 13.0. The Morgan fingerprint density at radius 1 is 1.45 bits per heavy atom. The summed E-state index contributed by atoms with van der Waals surface area (Å²) in [6.07, 6.45) is 3.04. The van der Waals surface area contributed by atoms with E-state index in [4.69, 9.17) is 4.42 Å². The van der Waals surface area contributed by atoms with Gasteiger partial charge in [0, 0.05) is 31.2 Å². The van der Waals surface area contributed by atoms with Crippen molar-refractivity contribution in [3.8, 4) is 0 Å². The Kier molecular flexibility index (Phi) is 5.77. The Balaban J connectivity index is 1.84. The second-order valence-corrected chi connectivity index (χ2v) is 5.92. The average Bonchev–Trinajstić information content (AvgIpc) is 3.14. The van der Waals surface area contributed by atoms with E-state index in [2.05, 4.69) is 29.4 Å². The molecule has 120 valence electrons. The summed E-state index contributed by atoms with van der Waals surface area (Å²) in [5.41, 5.74) is 1.33. The van der Waals surface area contributed by atoms with Crippen LogP contribution in [0.1, 0.15) is 35.8 Å². The molecule has 2 aromatic rings. The minimum atomic E-state index is -0.232. The summed E-state index contributed by atoms with van der Waals surface area (Å²) in [7, 11) is 0. The molecule has 0 saturated carbocycles. The largest absolute Gasteiger partial charge is 0.469 e. The van der Waals surface area contributed by atoms with Gasteiger partial charge in [-0.05, 0) is 30.5 Å². The highest BCUT2D eigenvalue weighted by atomic mass is 16.3. The van der Waals surface area contributed by atoms with Gasteiger partial charge >= 0.3 is 0 Å². The van der Waals surface area contributed by atoms with E-state index in [-0.39, 0.29) is 18.4 Å². The van der Waals surface area contributed by atoms with Gasteiger partial charge in [-0.3, -0.25) is 9.89 Å². The number of carbonyl (C=O) groups excluding carboxylic acids is 1. The molecule has 1 amide bonds. The van der Waals surface area contributed by atoms with Crippen molar-refractivity contribution in [1.29, 1.82) is 0 Å². The van der Waals surface area contributed by atoms with Crippen LogP contribution in [-0.2, 0) is 12.8 Å². The molecule has 0 unspecified atom stereocenters. The molecule has 0 aliphatic heterocycles. The SMILES string of the molecule is CC(C)Cc1cc(C(=O)NC[C@H](CO)Cc2ccco2)n[nH]1. The van der Waals surface area contributed by atoms with Crippen molar-refractivity contribution in [2.24, 2.45) is 11.8 Å². The van der Waals surface area contributed by atoms with E-state index in [1.165, 1.54) is 0 Å². The number of nitrogens with zero attached hydrogens (tertiary/aromatic N) is 1. The molecule has 0 spiro atoms. The molecule has 0 radical (unpaired) electrons. The van der Waals surface area contributed by atoms with Gasteiger partial charge in [-0.25, -0.2) is 0 Å². The maximum atomic E-state index is 12.1. The standard InChI is InChI=1S/C16H23N3O3/c1-11(2)6-13-8-15(19-18-13)16(21)17-9-12(10-20)7-14-4-3-5-22-14/h3-5,8,11-12,20H,6-7,9-10H2,1-2H3,(H,17,21)(H,18,19)/t12-/m1/s1. The van der Waals surface area contributed by atoms with Crippen LogP contribution in [0.5, 0.6) is 0 Å². The van der Waals surface area contributed by atoms with E-state index in [0.29, 0.717) is 24.6 Å². The molecular formula is C16H23N3O3. The van der Waals surface area contributed by atoms with E-state index >= 15 is 0 Å². The van der Waals surface area contributed by atoms with Gasteiger partial charge in [-0.2, -0.15) is 5.10 Å². The van der Waals surface area contributed by atoms with E-state index in [1.807, 2.05) is 12.1 Å². The van der Waals surface area contributed by atoms with E-state index in [1.54, 1.807) is 12.3 Å². The van der Waals surface area contributed by atoms with Crippen LogP contribution in [0.2, 0.25) is 0 Å². The third-order valence-electron chi connectivity index (χ3n) is 3.37. The van der Waals surface area contributed by atoms with Gasteiger partial charge in [0.05, 0.1) is 6.26 Å². The molecule has 0 saturated heterocycles. The highest BCUT2D eigenvalue weighted by Gasteiger charge is 2.15. The van der Waals surface area contributed by atoms with Crippen LogP contribution >= 0.6 is 0 Å². The fraction of sp³-hybridized carbons (Fsp3) is 0.500. The summed E-state index contributed by atoms with van der Waals surface area (Å²) < 4.78 is 5.26. The number of amides is 1. The molecule has 1 atom stereocenters. The van der Waals surface area contributed by atoms with Gasteiger partial charge in [0.2, 0.25) is 0 Å². The highest BCUT2D eigenvalue weighted by Crippen LogP contribution is 2.09. The van der Waals surface area contributed by atoms with Crippen molar-refractivity contribution >= 4 is 5.91 Å². The predicted octanol–water partition coefficient (Wildman–Crippen LogP) is 1.78. The normalized spacial score (nSPS) is 12.5. The first-order chi connectivity index (χ1) is 10.6. The molecule has 3 N–H and O–H groups in total. The van der Waals surface area contributed by atoms with Crippen molar-refractivity contribution in [3.63, 3.8) is 0 Å². The lowest BCUT2D eigenvalue weighted by molar-refractivity contribution is 0.0934. The lowest BCUT2D eigenvalue weighted by Gasteiger charge is -2.13. The van der Waals surface area contributed by atoms with E-state index in [9.17, 15) is 9.90 Å². The molecule has 2 heterocycles. The number of H-pyrrole nitrogens is 1. The van der Waals surface area contributed by atoms with Crippen LogP contribution in [0.4, 0.5) is 0 Å². The van der Waals surface area contributed by atoms with Crippen LogP contribution in [0.3, 0.4) is 0 Å². The van der Waals surface area contributed by atoms with Gasteiger partial charge in [0.15, 0.2) is 0 Å². The summed E-state index contributed by atoms with van der Waals surface area (Å²) in [6.45, 7) is 4.59. The predicted molar refractivity (Wildman–Crippen MR) is 82.5 cm³/mol. The minimum absolute atomic E-state index is 0.0137. The Morgan fingerprint density at radius 2 is 2.27 bits per heavy atom. The third-order valence-corrected chi connectivity index (χ3v) is 3.37. The molecule has 0 aliphatic carbocycles. The van der Waals surface area contributed by atoms with Crippen LogP contribution in [0.15, 0.2) is 28.9 Å². The van der Waals surface area contributed by atoms with Crippen molar-refractivity contribution < 1.29 is 14.3 Å². The first kappa shape index (κ1) is 16.3. The lowest BCUT2D eigenvalue weighted by Crippen LogP contribution is -2.32. The average molecular weight is 305 g/mol. The number of aliphatic hydroxyl groups excluding tert-OH is 1. The quantitative estimate of drug-likeness (QED) is 0.693. The van der Waals surface area contributed by atoms with E-state index < -0.39 is 0 Å². The number of carbonyl (C=O) groups is 1. The zero-order valence-corrected chi connectivity index (χ0v) is 13.0. The number of hydrogen-bond donors (Lipinski definition) is 3. The maximum Gasteiger partial charge on any atom is 0.271 e. The monoisotopic (exact) mass is 305 g/mol. The molecule has 0 aliphatic rings. The van der Waals surface area contributed by atoms with Crippen LogP contribution in [0.25, 0.3) is 0 Å². The van der Waals surface area contributed by atoms with Crippen LogP contribution in [0, 0.1) is 11.8 Å². The van der Waals surface area contributed by atoms with Gasteiger partial charge in [-0.1, -0.05) is 13.8 Å². The van der Waals surface area contributed by atoms with Gasteiger partial charge in [-0.15, -0.1) is 0 Å². The third kappa shape index (κ3) is 4.73. The molecule has 2 rings (SSSR count). The number of aromatic nitrogens is 2. The number of hydrogen-bond acceptors (Lipinski definition) is 4. The smallest absolute Gasteiger partial charge is 0.271 e. The fourth-order valence-corrected chi connectivity index (χ4v) is 2.26. The topological polar surface area (TPSA) is 91.2 Å². The first-order valence-electron chi connectivity index (χ1n) is 7.54. The summed E-state index contributed by atoms with van der Waals surface area (Å²) >= 11 is 0. The van der Waals surface area contributed by atoms with Crippen molar-refractivity contribution in [3.05, 3.63) is 41.6 Å². The molecule has 6 nitrogen and oxygen atoms in total. The Hall–Kier alpha value is -2.08. The Bertz CT molecular complexity index is 575. The highest BCUT2D eigenvalue weighted by molar-refractivity contribution is 5.92. The number of furan rings is 1. The van der Waals surface area contributed by atoms with Crippen molar-refractivity contribution in [2.45, 2.75) is 26.7 Å². The number of nitrogens with one attached hydrogen (secondary N) is 2. The molecule has 0 fully saturated rings. The fourth-order valence-electron chi connectivity index (χ4n) is 2.26. The van der Waals surface area contributed by atoms with Crippen molar-refractivity contribution in [1.82, 2.24) is 15.5 Å². The molecule has 2 aromatic heterocycles. The molecule has 22 heavy (non-hydrogen) atoms. The number of aliphatic hydroxyl groups is 1. The molecule has 0 aromatic carbocycles. The van der Waals surface area contributed by atoms with Gasteiger partial charge in [0.25, 0.3) is 5.91 Å². The molecule has 6 heteroatoms. The maximum absolute atomic E-state index is 12.1. The van der Waals surface area contributed by atoms with Gasteiger partial charge < -0.3 is 14.8 Å². The summed E-state index contributed by atoms with van der Waals surface area (Å²) in [4.78, 5) is 12.1. The first-order valence-corrected chi connectivity index (χ1v) is 7.54. The summed E-state index contributed by atoms with van der Waals surface area (Å²) in [6, 6.07) is 5.44. The number of rotatable bonds is 8. The van der Waals surface area contributed by atoms with Crippen LogP contribution in [-0.4, -0.2) is 34.4 Å². The van der Waals surface area contributed by atoms with Gasteiger partial charge in [0.1, 0.15) is 11.5 Å². The molecular weight excluding hydrogens is 282 g/mol. The Morgan fingerprint density at radius 3 is 2.91 bits per heavy atom. The lowest BCUT2D eigenvalue weighted by atomic mass is 10.1. The zero-order chi connectivity index (χ0) is 15.9. The summed E-state index contributed by atoms with van der Waals surface area (Å²) in [5, 5.41) is 19.1. The summed E-state index contributed by atoms with van der Waals surface area (Å²) in [5.74, 6) is 0.990. The number of aromatic amines is 1. The minimum Gasteiger partial charge on any atom is -0.469 e. The molecule has 0 bridgehead atoms. The Labute approximate surface area is 129 Å². The van der Waals surface area contributed by atoms with Crippen molar-refractivity contribution in [2.75, 3.05) is 13.2 Å². The second kappa shape index (κ2) is 7.79. The van der Waals surface area contributed by atoms with Crippen LogP contribution < -0.4 is 5.32 Å². The second-order valence-electron chi connectivity index (χ2n) is 5.92.